The van der Waals surface area contributed by atoms with Crippen molar-refractivity contribution < 1.29 is 29.3 Å². The molecular weight excluding hydrogens is 548 g/mol. The molecule has 4 heterocycles. The van der Waals surface area contributed by atoms with Crippen molar-refractivity contribution >= 4 is 50.2 Å². The lowest BCUT2D eigenvalue weighted by Crippen LogP contribution is -2.43. The van der Waals surface area contributed by atoms with Gasteiger partial charge < -0.3 is 19.7 Å². The van der Waals surface area contributed by atoms with E-state index in [0.717, 1.165) is 10.1 Å². The summed E-state index contributed by atoms with van der Waals surface area (Å²) in [7, 11) is 0. The third-order valence-corrected chi connectivity index (χ3v) is 7.56. The molecule has 0 radical (unpaired) electrons. The van der Waals surface area contributed by atoms with E-state index in [1.54, 1.807) is 59.1 Å². The van der Waals surface area contributed by atoms with Crippen molar-refractivity contribution in [2.24, 2.45) is 0 Å². The second-order valence-electron chi connectivity index (χ2n) is 11.8. The van der Waals surface area contributed by atoms with Crippen molar-refractivity contribution in [1.29, 1.82) is 0 Å². The fourth-order valence-electron chi connectivity index (χ4n) is 4.76. The number of carbonyl (C=O) groups is 2. The molecule has 3 aromatic heterocycles. The number of amides is 2. The maximum atomic E-state index is 13.6. The number of rotatable bonds is 2. The van der Waals surface area contributed by atoms with Gasteiger partial charge in [-0.05, 0) is 72.7 Å². The molecule has 0 spiro atoms. The van der Waals surface area contributed by atoms with Crippen LogP contribution in [0.2, 0.25) is 0 Å². The van der Waals surface area contributed by atoms with Crippen LogP contribution in [0.3, 0.4) is 0 Å². The summed E-state index contributed by atoms with van der Waals surface area (Å²) in [5.41, 5.74) is -0.442. The highest BCUT2D eigenvalue weighted by molar-refractivity contribution is 7.20. The van der Waals surface area contributed by atoms with Gasteiger partial charge in [-0.3, -0.25) is 14.4 Å². The van der Waals surface area contributed by atoms with Crippen molar-refractivity contribution in [3.63, 3.8) is 0 Å². The van der Waals surface area contributed by atoms with E-state index < -0.39 is 29.6 Å². The first-order valence-electron chi connectivity index (χ1n) is 13.2. The molecule has 5 rings (SSSR count). The Morgan fingerprint density at radius 3 is 2.34 bits per heavy atom. The van der Waals surface area contributed by atoms with Gasteiger partial charge in [0.15, 0.2) is 12.1 Å². The van der Waals surface area contributed by atoms with E-state index in [0.29, 0.717) is 38.9 Å². The quantitative estimate of drug-likeness (QED) is 0.340. The molecule has 0 fully saturated rings. The zero-order valence-electron chi connectivity index (χ0n) is 24.1. The molecule has 0 aliphatic carbocycles. The Hall–Kier alpha value is -3.81. The molecule has 1 aliphatic rings. The monoisotopic (exact) mass is 582 g/mol. The number of ether oxygens (including phenoxy) is 2. The summed E-state index contributed by atoms with van der Waals surface area (Å²) in [5.74, 6) is 1.47. The third-order valence-electron chi connectivity index (χ3n) is 6.38. The third kappa shape index (κ3) is 5.44. The van der Waals surface area contributed by atoms with Crippen molar-refractivity contribution in [2.75, 3.05) is 18.0 Å². The molecular formula is C28H34N6O6S. The summed E-state index contributed by atoms with van der Waals surface area (Å²) in [6.45, 7) is 12.2. The van der Waals surface area contributed by atoms with Crippen LogP contribution in [-0.2, 0) is 16.1 Å². The number of aliphatic hydroxyl groups is 2. The van der Waals surface area contributed by atoms with Gasteiger partial charge in [0.05, 0.1) is 16.1 Å². The number of hydrogen-bond acceptors (Lipinski definition) is 10. The number of aryl methyl sites for hydroxylation is 1. The van der Waals surface area contributed by atoms with Gasteiger partial charge in [0, 0.05) is 28.6 Å². The van der Waals surface area contributed by atoms with Gasteiger partial charge in [-0.15, -0.1) is 21.5 Å². The molecule has 4 aromatic rings. The summed E-state index contributed by atoms with van der Waals surface area (Å²) < 4.78 is 13.8. The van der Waals surface area contributed by atoms with Crippen LogP contribution < -0.4 is 4.90 Å². The Labute approximate surface area is 241 Å². The largest absolute Gasteiger partial charge is 0.444 e. The predicted molar refractivity (Wildman–Crippen MR) is 154 cm³/mol. The highest BCUT2D eigenvalue weighted by Gasteiger charge is 2.39. The Kier molecular flexibility index (Phi) is 7.16. The Morgan fingerprint density at radius 2 is 1.68 bits per heavy atom. The van der Waals surface area contributed by atoms with E-state index in [1.165, 1.54) is 21.1 Å². The number of hydrogen-bond donors (Lipinski definition) is 2. The fraction of sp³-hybridized carbons (Fsp3) is 0.464. The van der Waals surface area contributed by atoms with Crippen molar-refractivity contribution in [3.8, 4) is 5.82 Å². The van der Waals surface area contributed by atoms with E-state index in [2.05, 4.69) is 10.2 Å². The molecule has 1 aliphatic heterocycles. The molecule has 13 heteroatoms. The number of carbonyl (C=O) groups excluding carboxylic acids is 2. The Morgan fingerprint density at radius 1 is 1.00 bits per heavy atom. The summed E-state index contributed by atoms with van der Waals surface area (Å²) in [6.07, 6.45) is -2.62. The van der Waals surface area contributed by atoms with Gasteiger partial charge in [-0.2, -0.15) is 0 Å². The van der Waals surface area contributed by atoms with Crippen molar-refractivity contribution in [1.82, 2.24) is 24.6 Å². The molecule has 218 valence electrons. The SMILES string of the molecule is Cc1nnc(CO)n1-c1ccc2c(ccc3sc4c(c32)N(C(=O)OC(C)(C)C)CCN(C(=O)OC(C)(C)C)C4O)n1. The average molecular weight is 583 g/mol. The van der Waals surface area contributed by atoms with Crippen LogP contribution in [0.15, 0.2) is 24.3 Å². The Balaban J connectivity index is 1.70. The normalized spacial score (nSPS) is 16.2. The molecule has 1 aromatic carbocycles. The predicted octanol–water partition coefficient (Wildman–Crippen LogP) is 4.81. The zero-order valence-corrected chi connectivity index (χ0v) is 24.9. The van der Waals surface area contributed by atoms with Crippen LogP contribution in [0.1, 0.15) is 64.3 Å². The molecule has 1 atom stereocenters. The molecule has 0 saturated carbocycles. The number of fused-ring (bicyclic) bond motifs is 5. The first kappa shape index (κ1) is 28.7. The lowest BCUT2D eigenvalue weighted by molar-refractivity contribution is -0.0277. The van der Waals surface area contributed by atoms with Crippen LogP contribution in [0.4, 0.5) is 15.3 Å². The minimum atomic E-state index is -1.35. The topological polar surface area (TPSA) is 143 Å². The zero-order chi connectivity index (χ0) is 29.9. The van der Waals surface area contributed by atoms with Crippen LogP contribution in [0.5, 0.6) is 0 Å². The number of nitrogens with zero attached hydrogens (tertiary/aromatic N) is 6. The van der Waals surface area contributed by atoms with Crippen molar-refractivity contribution in [2.45, 2.75) is 72.5 Å². The smallest absolute Gasteiger partial charge is 0.414 e. The van der Waals surface area contributed by atoms with Crippen LogP contribution in [0.25, 0.3) is 26.8 Å². The molecule has 1 unspecified atom stereocenters. The van der Waals surface area contributed by atoms with Gasteiger partial charge in [0.2, 0.25) is 0 Å². The summed E-state index contributed by atoms with van der Waals surface area (Å²) >= 11 is 1.29. The maximum absolute atomic E-state index is 13.6. The van der Waals surface area contributed by atoms with Crippen LogP contribution >= 0.6 is 11.3 Å². The lowest BCUT2D eigenvalue weighted by atomic mass is 10.1. The number of benzene rings is 1. The summed E-state index contributed by atoms with van der Waals surface area (Å²) in [5, 5.41) is 30.8. The van der Waals surface area contributed by atoms with E-state index in [9.17, 15) is 19.8 Å². The maximum Gasteiger partial charge on any atom is 0.414 e. The van der Waals surface area contributed by atoms with Gasteiger partial charge >= 0.3 is 12.2 Å². The molecule has 2 N–H and O–H groups in total. The van der Waals surface area contributed by atoms with Gasteiger partial charge in [0.1, 0.15) is 29.5 Å². The average Bonchev–Trinajstić information content (AvgIpc) is 3.40. The minimum Gasteiger partial charge on any atom is -0.444 e. The standard InChI is InChI=1S/C28H34N6O6S/c1-15-30-31-20(14-35)34(15)19-11-8-16-17(29-19)9-10-18-21(16)22-23(41-18)24(36)33(26(38)40-28(5,6)7)13-12-32(22)25(37)39-27(2,3)4/h8-11,24,35-36H,12-14H2,1-7H3. The second kappa shape index (κ2) is 10.2. The molecule has 0 saturated heterocycles. The summed E-state index contributed by atoms with van der Waals surface area (Å²) in [6, 6.07) is 7.39. The second-order valence-corrected chi connectivity index (χ2v) is 12.9. The fourth-order valence-corrected chi connectivity index (χ4v) is 5.98. The minimum absolute atomic E-state index is 0.0300. The van der Waals surface area contributed by atoms with Gasteiger partial charge in [-0.1, -0.05) is 0 Å². The van der Waals surface area contributed by atoms with Crippen LogP contribution in [-0.4, -0.2) is 71.3 Å². The number of thiophene rings is 1. The van der Waals surface area contributed by atoms with E-state index in [-0.39, 0.29) is 19.7 Å². The van der Waals surface area contributed by atoms with E-state index >= 15 is 0 Å². The number of aliphatic hydroxyl groups excluding tert-OH is 2. The number of anilines is 1. The van der Waals surface area contributed by atoms with Gasteiger partial charge in [0.25, 0.3) is 0 Å². The molecule has 0 bridgehead atoms. The van der Waals surface area contributed by atoms with Crippen molar-refractivity contribution in [3.05, 3.63) is 40.8 Å². The number of aromatic nitrogens is 4. The first-order chi connectivity index (χ1) is 19.2. The molecule has 41 heavy (non-hydrogen) atoms. The molecule has 12 nitrogen and oxygen atoms in total. The lowest BCUT2D eigenvalue weighted by Gasteiger charge is -2.29. The van der Waals surface area contributed by atoms with Crippen LogP contribution in [0, 0.1) is 6.92 Å². The van der Waals surface area contributed by atoms with E-state index in [1.807, 2.05) is 18.2 Å². The first-order valence-corrected chi connectivity index (χ1v) is 14.1. The molecule has 2 amide bonds. The highest BCUT2D eigenvalue weighted by atomic mass is 32.1. The van der Waals surface area contributed by atoms with Gasteiger partial charge in [-0.25, -0.2) is 14.6 Å². The summed E-state index contributed by atoms with van der Waals surface area (Å²) in [4.78, 5) is 34.6. The highest BCUT2D eigenvalue weighted by Crippen LogP contribution is 2.47. The Bertz CT molecular complexity index is 1650. The van der Waals surface area contributed by atoms with E-state index in [4.69, 9.17) is 14.5 Å². The number of pyridine rings is 1.